The highest BCUT2D eigenvalue weighted by Gasteiger charge is 2.15. The van der Waals surface area contributed by atoms with Crippen LogP contribution in [-0.4, -0.2) is 14.8 Å². The average molecular weight is 274 g/mol. The average Bonchev–Trinajstić information content (AvgIpc) is 2.89. The van der Waals surface area contributed by atoms with Crippen LogP contribution in [-0.2, 0) is 25.3 Å². The molecule has 1 aliphatic heterocycles. The third kappa shape index (κ3) is 2.82. The Bertz CT molecular complexity index is 564. The Labute approximate surface area is 117 Å². The lowest BCUT2D eigenvalue weighted by Crippen LogP contribution is -2.12. The Hall–Kier alpha value is -1.33. The SMILES string of the molecule is NCc1cccc(SCc2nnc3n2CCCC3)c1. The van der Waals surface area contributed by atoms with Crippen LogP contribution in [0.2, 0.25) is 0 Å². The Morgan fingerprint density at radius 1 is 1.26 bits per heavy atom. The first-order chi connectivity index (χ1) is 9.36. The number of aryl methyl sites for hydroxylation is 1. The van der Waals surface area contributed by atoms with E-state index in [1.54, 1.807) is 11.8 Å². The van der Waals surface area contributed by atoms with E-state index in [9.17, 15) is 0 Å². The van der Waals surface area contributed by atoms with E-state index in [0.29, 0.717) is 6.54 Å². The van der Waals surface area contributed by atoms with E-state index in [1.165, 1.54) is 23.3 Å². The molecule has 0 saturated carbocycles. The summed E-state index contributed by atoms with van der Waals surface area (Å²) < 4.78 is 2.28. The fourth-order valence-corrected chi connectivity index (χ4v) is 3.30. The van der Waals surface area contributed by atoms with Crippen LogP contribution in [0.4, 0.5) is 0 Å². The first-order valence-corrected chi connectivity index (χ1v) is 7.68. The minimum Gasteiger partial charge on any atom is -0.326 e. The maximum Gasteiger partial charge on any atom is 0.143 e. The van der Waals surface area contributed by atoms with Crippen LogP contribution in [0, 0.1) is 0 Å². The molecule has 0 spiro atoms. The van der Waals surface area contributed by atoms with Crippen molar-refractivity contribution in [2.45, 2.75) is 43.0 Å². The summed E-state index contributed by atoms with van der Waals surface area (Å²) in [6.07, 6.45) is 3.55. The molecule has 1 aliphatic rings. The van der Waals surface area contributed by atoms with Crippen molar-refractivity contribution in [3.8, 4) is 0 Å². The summed E-state index contributed by atoms with van der Waals surface area (Å²) in [5.41, 5.74) is 6.84. The van der Waals surface area contributed by atoms with Crippen LogP contribution in [0.1, 0.15) is 30.1 Å². The number of fused-ring (bicyclic) bond motifs is 1. The van der Waals surface area contributed by atoms with Gasteiger partial charge in [-0.05, 0) is 30.5 Å². The Morgan fingerprint density at radius 3 is 3.11 bits per heavy atom. The maximum atomic E-state index is 5.66. The minimum absolute atomic E-state index is 0.592. The molecule has 0 unspecified atom stereocenters. The van der Waals surface area contributed by atoms with E-state index in [2.05, 4.69) is 39.0 Å². The van der Waals surface area contributed by atoms with Gasteiger partial charge < -0.3 is 10.3 Å². The minimum atomic E-state index is 0.592. The molecule has 100 valence electrons. The molecule has 0 radical (unpaired) electrons. The van der Waals surface area contributed by atoms with E-state index in [-0.39, 0.29) is 0 Å². The third-order valence-corrected chi connectivity index (χ3v) is 4.43. The van der Waals surface area contributed by atoms with E-state index in [4.69, 9.17) is 5.73 Å². The van der Waals surface area contributed by atoms with Gasteiger partial charge in [0, 0.05) is 24.4 Å². The fraction of sp³-hybridized carbons (Fsp3) is 0.429. The number of rotatable bonds is 4. The first kappa shape index (κ1) is 12.7. The largest absolute Gasteiger partial charge is 0.326 e. The second-order valence-electron chi connectivity index (χ2n) is 4.78. The van der Waals surface area contributed by atoms with Crippen molar-refractivity contribution in [1.82, 2.24) is 14.8 Å². The lowest BCUT2D eigenvalue weighted by atomic mass is 10.2. The molecule has 0 fully saturated rings. The molecule has 5 heteroatoms. The summed E-state index contributed by atoms with van der Waals surface area (Å²) in [6.45, 7) is 1.66. The van der Waals surface area contributed by atoms with Gasteiger partial charge in [0.05, 0.1) is 5.75 Å². The Morgan fingerprint density at radius 2 is 2.21 bits per heavy atom. The molecule has 1 aromatic heterocycles. The molecule has 2 N–H and O–H groups in total. The number of benzene rings is 1. The molecule has 19 heavy (non-hydrogen) atoms. The highest BCUT2D eigenvalue weighted by Crippen LogP contribution is 2.24. The third-order valence-electron chi connectivity index (χ3n) is 3.44. The monoisotopic (exact) mass is 274 g/mol. The zero-order valence-corrected chi connectivity index (χ0v) is 11.7. The van der Waals surface area contributed by atoms with Gasteiger partial charge in [0.15, 0.2) is 0 Å². The summed E-state index contributed by atoms with van der Waals surface area (Å²) in [6, 6.07) is 8.39. The summed E-state index contributed by atoms with van der Waals surface area (Å²) >= 11 is 1.80. The molecule has 0 aliphatic carbocycles. The Balaban J connectivity index is 1.70. The van der Waals surface area contributed by atoms with Crippen LogP contribution < -0.4 is 5.73 Å². The maximum absolute atomic E-state index is 5.66. The molecule has 1 aromatic carbocycles. The number of thioether (sulfide) groups is 1. The van der Waals surface area contributed by atoms with Gasteiger partial charge in [-0.25, -0.2) is 0 Å². The predicted molar refractivity (Wildman–Crippen MR) is 76.9 cm³/mol. The lowest BCUT2D eigenvalue weighted by Gasteiger charge is -2.14. The van der Waals surface area contributed by atoms with Crippen LogP contribution in [0.3, 0.4) is 0 Å². The molecule has 0 bridgehead atoms. The van der Waals surface area contributed by atoms with E-state index in [1.807, 2.05) is 0 Å². The zero-order chi connectivity index (χ0) is 13.1. The number of aromatic nitrogens is 3. The molecule has 2 heterocycles. The van der Waals surface area contributed by atoms with Crippen molar-refractivity contribution in [1.29, 1.82) is 0 Å². The number of nitrogens with zero attached hydrogens (tertiary/aromatic N) is 3. The summed E-state index contributed by atoms with van der Waals surface area (Å²) in [7, 11) is 0. The zero-order valence-electron chi connectivity index (χ0n) is 10.9. The van der Waals surface area contributed by atoms with Gasteiger partial charge in [0.25, 0.3) is 0 Å². The number of hydrogen-bond donors (Lipinski definition) is 1. The molecule has 0 amide bonds. The van der Waals surface area contributed by atoms with E-state index in [0.717, 1.165) is 30.4 Å². The van der Waals surface area contributed by atoms with Gasteiger partial charge in [0.1, 0.15) is 11.6 Å². The second-order valence-corrected chi connectivity index (χ2v) is 5.83. The van der Waals surface area contributed by atoms with Crippen LogP contribution in [0.5, 0.6) is 0 Å². The second kappa shape index (κ2) is 5.75. The molecule has 0 atom stereocenters. The van der Waals surface area contributed by atoms with Gasteiger partial charge in [-0.1, -0.05) is 12.1 Å². The van der Waals surface area contributed by atoms with Gasteiger partial charge in [0.2, 0.25) is 0 Å². The quantitative estimate of drug-likeness (QED) is 0.870. The van der Waals surface area contributed by atoms with Crippen molar-refractivity contribution in [3.05, 3.63) is 41.5 Å². The van der Waals surface area contributed by atoms with E-state index >= 15 is 0 Å². The molecular formula is C14H18N4S. The van der Waals surface area contributed by atoms with Gasteiger partial charge in [-0.15, -0.1) is 22.0 Å². The smallest absolute Gasteiger partial charge is 0.143 e. The van der Waals surface area contributed by atoms with Crippen molar-refractivity contribution < 1.29 is 0 Å². The van der Waals surface area contributed by atoms with Crippen LogP contribution >= 0.6 is 11.8 Å². The molecular weight excluding hydrogens is 256 g/mol. The highest BCUT2D eigenvalue weighted by molar-refractivity contribution is 7.98. The highest BCUT2D eigenvalue weighted by atomic mass is 32.2. The first-order valence-electron chi connectivity index (χ1n) is 6.69. The number of nitrogens with two attached hydrogens (primary N) is 1. The van der Waals surface area contributed by atoms with Gasteiger partial charge in [-0.3, -0.25) is 0 Å². The lowest BCUT2D eigenvalue weighted by molar-refractivity contribution is 0.513. The van der Waals surface area contributed by atoms with Crippen LogP contribution in [0.15, 0.2) is 29.2 Å². The molecule has 0 saturated heterocycles. The molecule has 4 nitrogen and oxygen atoms in total. The molecule has 3 rings (SSSR count). The van der Waals surface area contributed by atoms with Gasteiger partial charge >= 0.3 is 0 Å². The van der Waals surface area contributed by atoms with Crippen molar-refractivity contribution in [2.24, 2.45) is 5.73 Å². The van der Waals surface area contributed by atoms with Crippen molar-refractivity contribution in [3.63, 3.8) is 0 Å². The van der Waals surface area contributed by atoms with Crippen molar-refractivity contribution in [2.75, 3.05) is 0 Å². The fourth-order valence-electron chi connectivity index (χ4n) is 2.39. The summed E-state index contributed by atoms with van der Waals surface area (Å²) in [4.78, 5) is 1.25. The summed E-state index contributed by atoms with van der Waals surface area (Å²) in [5.74, 6) is 3.12. The topological polar surface area (TPSA) is 56.7 Å². The van der Waals surface area contributed by atoms with Gasteiger partial charge in [-0.2, -0.15) is 0 Å². The van der Waals surface area contributed by atoms with Crippen LogP contribution in [0.25, 0.3) is 0 Å². The standard InChI is InChI=1S/C14H18N4S/c15-9-11-4-3-5-12(8-11)19-10-14-17-16-13-6-1-2-7-18(13)14/h3-5,8H,1-2,6-7,9-10,15H2. The normalized spacial score (nSPS) is 14.4. The predicted octanol–water partition coefficient (Wildman–Crippen LogP) is 2.37. The van der Waals surface area contributed by atoms with Crippen molar-refractivity contribution >= 4 is 11.8 Å². The Kier molecular flexibility index (Phi) is 3.84. The van der Waals surface area contributed by atoms with E-state index < -0.39 is 0 Å². The molecule has 2 aromatic rings. The summed E-state index contributed by atoms with van der Waals surface area (Å²) in [5, 5.41) is 8.61. The number of hydrogen-bond acceptors (Lipinski definition) is 4.